The molecule has 1 aliphatic carbocycles. The van der Waals surface area contributed by atoms with Gasteiger partial charge in [0.25, 0.3) is 5.91 Å². The van der Waals surface area contributed by atoms with Gasteiger partial charge in [-0.2, -0.15) is 0 Å². The third kappa shape index (κ3) is 2.19. The molecule has 1 unspecified atom stereocenters. The molecule has 1 saturated carbocycles. The van der Waals surface area contributed by atoms with Crippen LogP contribution >= 0.6 is 0 Å². The monoisotopic (exact) mass is 273 g/mol. The molecule has 1 aromatic carbocycles. The molecule has 0 N–H and O–H groups in total. The molecule has 1 aromatic rings. The van der Waals surface area contributed by atoms with Crippen LogP contribution in [0.5, 0.6) is 0 Å². The minimum absolute atomic E-state index is 0.00116. The summed E-state index contributed by atoms with van der Waals surface area (Å²) in [5.74, 6) is -0.348. The predicted octanol–water partition coefficient (Wildman–Crippen LogP) is 3.04. The number of nitrogens with zero attached hydrogens (tertiary/aromatic N) is 1. The fourth-order valence-corrected chi connectivity index (χ4v) is 3.30. The van der Waals surface area contributed by atoms with Crippen LogP contribution in [0, 0.1) is 0 Å². The van der Waals surface area contributed by atoms with Gasteiger partial charge >= 0.3 is 5.97 Å². The molecule has 3 rings (SSSR count). The number of hydrogen-bond acceptors (Lipinski definition) is 3. The molecule has 0 spiro atoms. The maximum Gasteiger partial charge on any atom is 0.304 e. The van der Waals surface area contributed by atoms with Crippen LogP contribution < -0.4 is 0 Å². The Bertz CT molecular complexity index is 534. The smallest absolute Gasteiger partial charge is 0.304 e. The van der Waals surface area contributed by atoms with Crippen LogP contribution in [0.15, 0.2) is 24.3 Å². The molecule has 20 heavy (non-hydrogen) atoms. The molecule has 1 aliphatic heterocycles. The average Bonchev–Trinajstić information content (AvgIpc) is 2.73. The minimum atomic E-state index is -0.542. The first-order valence-electron chi connectivity index (χ1n) is 7.27. The van der Waals surface area contributed by atoms with E-state index in [-0.39, 0.29) is 17.9 Å². The van der Waals surface area contributed by atoms with Gasteiger partial charge < -0.3 is 4.74 Å². The van der Waals surface area contributed by atoms with Gasteiger partial charge in [0.2, 0.25) is 6.23 Å². The maximum atomic E-state index is 12.6. The molecule has 106 valence electrons. The van der Waals surface area contributed by atoms with Crippen LogP contribution in [0.2, 0.25) is 0 Å². The number of ether oxygens (including phenoxy) is 1. The quantitative estimate of drug-likeness (QED) is 0.778. The molecule has 0 saturated heterocycles. The van der Waals surface area contributed by atoms with Gasteiger partial charge in [-0.25, -0.2) is 0 Å². The zero-order valence-electron chi connectivity index (χ0n) is 11.7. The molecule has 1 amide bonds. The van der Waals surface area contributed by atoms with E-state index in [0.29, 0.717) is 5.56 Å². The van der Waals surface area contributed by atoms with Crippen LogP contribution in [-0.4, -0.2) is 22.8 Å². The standard InChI is InChI=1S/C16H19NO3/c1-11(18)20-16-14-10-6-5-9-13(14)15(19)17(16)12-7-3-2-4-8-12/h5-6,9-10,12,16H,2-4,7-8H2,1H3. The first-order valence-corrected chi connectivity index (χ1v) is 7.27. The van der Waals surface area contributed by atoms with E-state index in [2.05, 4.69) is 0 Å². The van der Waals surface area contributed by atoms with Gasteiger partial charge in [0.05, 0.1) is 0 Å². The molecular weight excluding hydrogens is 254 g/mol. The Hall–Kier alpha value is -1.84. The summed E-state index contributed by atoms with van der Waals surface area (Å²) in [7, 11) is 0. The normalized spacial score (nSPS) is 22.8. The van der Waals surface area contributed by atoms with Gasteiger partial charge in [0.1, 0.15) is 0 Å². The van der Waals surface area contributed by atoms with Crippen molar-refractivity contribution in [3.8, 4) is 0 Å². The number of benzene rings is 1. The van der Waals surface area contributed by atoms with Gasteiger partial charge in [-0.05, 0) is 18.9 Å². The first-order chi connectivity index (χ1) is 9.68. The SMILES string of the molecule is CC(=O)OC1c2ccccc2C(=O)N1C1CCCCC1. The summed E-state index contributed by atoms with van der Waals surface area (Å²) in [5.41, 5.74) is 1.49. The summed E-state index contributed by atoms with van der Waals surface area (Å²) in [5, 5.41) is 0. The topological polar surface area (TPSA) is 46.6 Å². The zero-order valence-corrected chi connectivity index (χ0v) is 11.7. The van der Waals surface area contributed by atoms with Crippen LogP contribution in [-0.2, 0) is 9.53 Å². The highest BCUT2D eigenvalue weighted by Gasteiger charge is 2.42. The van der Waals surface area contributed by atoms with Crippen molar-refractivity contribution in [3.63, 3.8) is 0 Å². The third-order valence-electron chi connectivity index (χ3n) is 4.19. The second kappa shape index (κ2) is 5.27. The molecule has 1 fully saturated rings. The van der Waals surface area contributed by atoms with Crippen LogP contribution in [0.3, 0.4) is 0 Å². The van der Waals surface area contributed by atoms with Crippen molar-refractivity contribution >= 4 is 11.9 Å². The van der Waals surface area contributed by atoms with Crippen LogP contribution in [0.25, 0.3) is 0 Å². The van der Waals surface area contributed by atoms with E-state index in [1.54, 1.807) is 4.90 Å². The number of hydrogen-bond donors (Lipinski definition) is 0. The van der Waals surface area contributed by atoms with E-state index < -0.39 is 6.23 Å². The lowest BCUT2D eigenvalue weighted by Crippen LogP contribution is -2.40. The van der Waals surface area contributed by atoms with E-state index in [0.717, 1.165) is 31.2 Å². The third-order valence-corrected chi connectivity index (χ3v) is 4.19. The number of carbonyl (C=O) groups is 2. The Balaban J connectivity index is 1.95. The Morgan fingerprint density at radius 1 is 1.20 bits per heavy atom. The number of amides is 1. The molecule has 4 nitrogen and oxygen atoms in total. The molecule has 1 heterocycles. The summed E-state index contributed by atoms with van der Waals surface area (Å²) in [6.07, 6.45) is 4.95. The first kappa shape index (κ1) is 13.2. The van der Waals surface area contributed by atoms with Gasteiger partial charge in [-0.1, -0.05) is 37.5 Å². The molecule has 0 aromatic heterocycles. The van der Waals surface area contributed by atoms with E-state index in [9.17, 15) is 9.59 Å². The summed E-state index contributed by atoms with van der Waals surface area (Å²) >= 11 is 0. The number of fused-ring (bicyclic) bond motifs is 1. The average molecular weight is 273 g/mol. The molecule has 4 heteroatoms. The highest BCUT2D eigenvalue weighted by Crippen LogP contribution is 2.39. The lowest BCUT2D eigenvalue weighted by molar-refractivity contribution is -0.156. The lowest BCUT2D eigenvalue weighted by atomic mass is 9.94. The Kier molecular flexibility index (Phi) is 3.47. The van der Waals surface area contributed by atoms with E-state index in [1.165, 1.54) is 13.3 Å². The largest absolute Gasteiger partial charge is 0.437 e. The molecule has 0 bridgehead atoms. The number of esters is 1. The van der Waals surface area contributed by atoms with Crippen molar-refractivity contribution in [2.24, 2.45) is 0 Å². The minimum Gasteiger partial charge on any atom is -0.437 e. The highest BCUT2D eigenvalue weighted by atomic mass is 16.6. The fourth-order valence-electron chi connectivity index (χ4n) is 3.30. The van der Waals surface area contributed by atoms with Crippen molar-refractivity contribution in [2.75, 3.05) is 0 Å². The van der Waals surface area contributed by atoms with Crippen molar-refractivity contribution in [1.82, 2.24) is 4.90 Å². The van der Waals surface area contributed by atoms with Gasteiger partial charge in [0.15, 0.2) is 0 Å². The van der Waals surface area contributed by atoms with Gasteiger partial charge in [-0.3, -0.25) is 14.5 Å². The van der Waals surface area contributed by atoms with E-state index in [1.807, 2.05) is 24.3 Å². The number of carbonyl (C=O) groups excluding carboxylic acids is 2. The summed E-state index contributed by atoms with van der Waals surface area (Å²) in [4.78, 5) is 25.8. The zero-order chi connectivity index (χ0) is 14.1. The molecular formula is C16H19NO3. The van der Waals surface area contributed by atoms with Gasteiger partial charge in [-0.15, -0.1) is 0 Å². The Labute approximate surface area is 118 Å². The van der Waals surface area contributed by atoms with Crippen LogP contribution in [0.1, 0.15) is 61.2 Å². The van der Waals surface area contributed by atoms with E-state index in [4.69, 9.17) is 4.74 Å². The second-order valence-corrected chi connectivity index (χ2v) is 5.55. The second-order valence-electron chi connectivity index (χ2n) is 5.55. The molecule has 1 atom stereocenters. The Morgan fingerprint density at radius 2 is 1.90 bits per heavy atom. The van der Waals surface area contributed by atoms with Crippen molar-refractivity contribution in [1.29, 1.82) is 0 Å². The summed E-state index contributed by atoms with van der Waals surface area (Å²) < 4.78 is 5.44. The van der Waals surface area contributed by atoms with Crippen LogP contribution in [0.4, 0.5) is 0 Å². The maximum absolute atomic E-state index is 12.6. The fraction of sp³-hybridized carbons (Fsp3) is 0.500. The summed E-state index contributed by atoms with van der Waals surface area (Å²) in [6.45, 7) is 1.39. The lowest BCUT2D eigenvalue weighted by Gasteiger charge is -2.35. The van der Waals surface area contributed by atoms with Gasteiger partial charge in [0, 0.05) is 24.1 Å². The number of rotatable bonds is 2. The van der Waals surface area contributed by atoms with Crippen molar-refractivity contribution < 1.29 is 14.3 Å². The predicted molar refractivity (Wildman–Crippen MR) is 74.0 cm³/mol. The summed E-state index contributed by atoms with van der Waals surface area (Å²) in [6, 6.07) is 7.62. The van der Waals surface area contributed by atoms with Crippen molar-refractivity contribution in [3.05, 3.63) is 35.4 Å². The highest BCUT2D eigenvalue weighted by molar-refractivity contribution is 5.99. The van der Waals surface area contributed by atoms with E-state index >= 15 is 0 Å². The van der Waals surface area contributed by atoms with Crippen molar-refractivity contribution in [2.45, 2.75) is 51.3 Å². The molecule has 2 aliphatic rings. The Morgan fingerprint density at radius 3 is 2.60 bits per heavy atom. The molecule has 0 radical (unpaired) electrons.